The highest BCUT2D eigenvalue weighted by Crippen LogP contribution is 2.23. The molecule has 0 saturated carbocycles. The highest BCUT2D eigenvalue weighted by molar-refractivity contribution is 6.08. The number of hydrogen-bond acceptors (Lipinski definition) is 6. The van der Waals surface area contributed by atoms with Crippen LogP contribution in [0.4, 0.5) is 11.4 Å². The second-order valence-electron chi connectivity index (χ2n) is 8.47. The van der Waals surface area contributed by atoms with Crippen molar-refractivity contribution in [2.45, 2.75) is 39.7 Å². The van der Waals surface area contributed by atoms with Gasteiger partial charge in [-0.25, -0.2) is 0 Å². The Kier molecular flexibility index (Phi) is 6.44. The van der Waals surface area contributed by atoms with Crippen molar-refractivity contribution < 1.29 is 14.5 Å². The van der Waals surface area contributed by atoms with Crippen molar-refractivity contribution in [3.8, 4) is 0 Å². The first-order valence-corrected chi connectivity index (χ1v) is 11.2. The second kappa shape index (κ2) is 9.46. The first-order valence-electron chi connectivity index (χ1n) is 11.2. The molecule has 2 amide bonds. The lowest BCUT2D eigenvalue weighted by atomic mass is 10.1. The third kappa shape index (κ3) is 4.54. The number of nitrogens with one attached hydrogen (secondary N) is 1. The van der Waals surface area contributed by atoms with Crippen molar-refractivity contribution in [2.75, 3.05) is 18.4 Å². The number of rotatable bonds is 6. The lowest BCUT2D eigenvalue weighted by molar-refractivity contribution is -0.386. The largest absolute Gasteiger partial charge is 0.337 e. The summed E-state index contributed by atoms with van der Waals surface area (Å²) in [7, 11) is 1.69. The Hall–Kier alpha value is -4.02. The summed E-state index contributed by atoms with van der Waals surface area (Å²) < 4.78 is 3.07. The number of piperidine rings is 1. The average molecular weight is 466 g/mol. The summed E-state index contributed by atoms with van der Waals surface area (Å²) in [6.45, 7) is 5.03. The zero-order valence-electron chi connectivity index (χ0n) is 19.4. The summed E-state index contributed by atoms with van der Waals surface area (Å²) in [4.78, 5) is 38.4. The highest BCUT2D eigenvalue weighted by atomic mass is 16.6. The van der Waals surface area contributed by atoms with Crippen LogP contribution in [-0.2, 0) is 13.6 Å². The summed E-state index contributed by atoms with van der Waals surface area (Å²) in [6.07, 6.45) is 4.55. The molecule has 178 valence electrons. The molecule has 3 heterocycles. The van der Waals surface area contributed by atoms with Crippen molar-refractivity contribution in [1.82, 2.24) is 24.5 Å². The number of carbonyl (C=O) groups is 2. The first-order chi connectivity index (χ1) is 16.3. The van der Waals surface area contributed by atoms with E-state index in [1.54, 1.807) is 54.7 Å². The minimum Gasteiger partial charge on any atom is -0.337 e. The molecule has 0 atom stereocenters. The van der Waals surface area contributed by atoms with E-state index in [1.165, 1.54) is 10.9 Å². The number of carbonyl (C=O) groups excluding carboxylic acids is 2. The van der Waals surface area contributed by atoms with Crippen molar-refractivity contribution in [3.05, 3.63) is 68.8 Å². The predicted molar refractivity (Wildman–Crippen MR) is 125 cm³/mol. The normalized spacial score (nSPS) is 13.7. The van der Waals surface area contributed by atoms with E-state index in [4.69, 9.17) is 0 Å². The monoisotopic (exact) mass is 465 g/mol. The number of amides is 2. The zero-order valence-corrected chi connectivity index (χ0v) is 19.4. The molecule has 1 fully saturated rings. The molecular formula is C23H27N7O4. The van der Waals surface area contributed by atoms with Crippen molar-refractivity contribution in [1.29, 1.82) is 0 Å². The molecule has 4 rings (SSSR count). The number of likely N-dealkylation sites (tertiary alicyclic amines) is 1. The van der Waals surface area contributed by atoms with Gasteiger partial charge in [0.25, 0.3) is 11.8 Å². The zero-order chi connectivity index (χ0) is 24.4. The molecule has 1 aliphatic heterocycles. The van der Waals surface area contributed by atoms with E-state index >= 15 is 0 Å². The fraction of sp³-hybridized carbons (Fsp3) is 0.391. The van der Waals surface area contributed by atoms with Crippen molar-refractivity contribution in [2.24, 2.45) is 7.05 Å². The lowest BCUT2D eigenvalue weighted by Gasteiger charge is -2.27. The molecule has 2 aromatic heterocycles. The molecule has 0 radical (unpaired) electrons. The molecule has 3 aromatic rings. The SMILES string of the molecule is Cc1nn(Cc2ccc(C(=O)Nc3cnn(C)c3C(=O)N3CCCCC3)cc2)c(C)c1[N+](=O)[O-]. The van der Waals surface area contributed by atoms with Crippen LogP contribution in [0.25, 0.3) is 0 Å². The second-order valence-corrected chi connectivity index (χ2v) is 8.47. The van der Waals surface area contributed by atoms with E-state index in [1.807, 2.05) is 0 Å². The number of benzene rings is 1. The fourth-order valence-corrected chi connectivity index (χ4v) is 4.26. The van der Waals surface area contributed by atoms with Crippen LogP contribution in [0.2, 0.25) is 0 Å². The Morgan fingerprint density at radius 1 is 1.12 bits per heavy atom. The van der Waals surface area contributed by atoms with Crippen molar-refractivity contribution >= 4 is 23.2 Å². The molecule has 1 aliphatic rings. The molecule has 0 bridgehead atoms. The molecule has 0 unspecified atom stereocenters. The van der Waals surface area contributed by atoms with Crippen LogP contribution in [0.1, 0.15) is 57.1 Å². The summed E-state index contributed by atoms with van der Waals surface area (Å²) in [6, 6.07) is 6.90. The number of aryl methyl sites for hydroxylation is 2. The van der Waals surface area contributed by atoms with Gasteiger partial charge in [-0.1, -0.05) is 12.1 Å². The molecule has 11 heteroatoms. The Bertz CT molecular complexity index is 1240. The molecule has 0 aliphatic carbocycles. The topological polar surface area (TPSA) is 128 Å². The van der Waals surface area contributed by atoms with E-state index in [0.717, 1.165) is 24.8 Å². The van der Waals surface area contributed by atoms with E-state index in [2.05, 4.69) is 15.5 Å². The standard InChI is InChI=1S/C23H27N7O4/c1-15-20(30(33)34)16(2)29(26-15)14-17-7-9-18(10-8-17)22(31)25-19-13-24-27(3)21(19)23(32)28-11-5-4-6-12-28/h7-10,13H,4-6,11-12,14H2,1-3H3,(H,25,31). The molecule has 0 spiro atoms. The number of anilines is 1. The summed E-state index contributed by atoms with van der Waals surface area (Å²) in [5, 5.41) is 22.4. The third-order valence-electron chi connectivity index (χ3n) is 6.11. The Morgan fingerprint density at radius 3 is 2.41 bits per heavy atom. The molecular weight excluding hydrogens is 438 g/mol. The first kappa shape index (κ1) is 23.1. The molecule has 1 N–H and O–H groups in total. The van der Waals surface area contributed by atoms with Gasteiger partial charge in [0.15, 0.2) is 0 Å². The molecule has 1 saturated heterocycles. The summed E-state index contributed by atoms with van der Waals surface area (Å²) >= 11 is 0. The van der Waals surface area contributed by atoms with Gasteiger partial charge in [0.2, 0.25) is 0 Å². The van der Waals surface area contributed by atoms with E-state index < -0.39 is 4.92 Å². The summed E-state index contributed by atoms with van der Waals surface area (Å²) in [5.41, 5.74) is 2.86. The van der Waals surface area contributed by atoms with Gasteiger partial charge in [-0.05, 0) is 50.8 Å². The number of nitro groups is 1. The minimum absolute atomic E-state index is 0.0161. The Labute approximate surface area is 196 Å². The smallest absolute Gasteiger partial charge is 0.312 e. The van der Waals surface area contributed by atoms with Crippen LogP contribution in [0.5, 0.6) is 0 Å². The van der Waals surface area contributed by atoms with Gasteiger partial charge in [-0.3, -0.25) is 29.1 Å². The molecule has 1 aromatic carbocycles. The van der Waals surface area contributed by atoms with E-state index in [0.29, 0.717) is 48.0 Å². The number of aromatic nitrogens is 4. The van der Waals surface area contributed by atoms with Gasteiger partial charge >= 0.3 is 5.69 Å². The van der Waals surface area contributed by atoms with E-state index in [-0.39, 0.29) is 17.5 Å². The van der Waals surface area contributed by atoms with Crippen LogP contribution in [0.15, 0.2) is 30.5 Å². The van der Waals surface area contributed by atoms with Gasteiger partial charge in [-0.15, -0.1) is 0 Å². The van der Waals surface area contributed by atoms with Gasteiger partial charge in [0.1, 0.15) is 17.1 Å². The van der Waals surface area contributed by atoms with Gasteiger partial charge in [0, 0.05) is 25.7 Å². The maximum atomic E-state index is 13.0. The van der Waals surface area contributed by atoms with Crippen LogP contribution in [0.3, 0.4) is 0 Å². The minimum atomic E-state index is -0.426. The van der Waals surface area contributed by atoms with Crippen LogP contribution in [0, 0.1) is 24.0 Å². The summed E-state index contributed by atoms with van der Waals surface area (Å²) in [5.74, 6) is -0.488. The quantitative estimate of drug-likeness (QED) is 0.440. The number of hydrogen-bond donors (Lipinski definition) is 1. The van der Waals surface area contributed by atoms with E-state index in [9.17, 15) is 19.7 Å². The predicted octanol–water partition coefficient (Wildman–Crippen LogP) is 3.07. The van der Waals surface area contributed by atoms with Crippen molar-refractivity contribution in [3.63, 3.8) is 0 Å². The Balaban J connectivity index is 1.47. The van der Waals surface area contributed by atoms with Gasteiger partial charge in [0.05, 0.1) is 23.4 Å². The highest BCUT2D eigenvalue weighted by Gasteiger charge is 2.25. The van der Waals surface area contributed by atoms with Crippen LogP contribution in [-0.4, -0.2) is 54.3 Å². The third-order valence-corrected chi connectivity index (χ3v) is 6.11. The maximum Gasteiger partial charge on any atom is 0.312 e. The average Bonchev–Trinajstić information content (AvgIpc) is 3.32. The van der Waals surface area contributed by atoms with Crippen LogP contribution >= 0.6 is 0 Å². The Morgan fingerprint density at radius 2 is 1.79 bits per heavy atom. The van der Waals surface area contributed by atoms with Gasteiger partial charge in [-0.2, -0.15) is 10.2 Å². The molecule has 11 nitrogen and oxygen atoms in total. The van der Waals surface area contributed by atoms with Gasteiger partial charge < -0.3 is 10.2 Å². The molecule has 34 heavy (non-hydrogen) atoms. The lowest BCUT2D eigenvalue weighted by Crippen LogP contribution is -2.37. The maximum absolute atomic E-state index is 13.0. The number of nitrogens with zero attached hydrogens (tertiary/aromatic N) is 6. The van der Waals surface area contributed by atoms with Crippen LogP contribution < -0.4 is 5.32 Å². The fourth-order valence-electron chi connectivity index (χ4n) is 4.26.